The zero-order valence-electron chi connectivity index (χ0n) is 17.3. The van der Waals surface area contributed by atoms with Crippen LogP contribution in [0.1, 0.15) is 11.3 Å². The molecule has 4 heterocycles. The summed E-state index contributed by atoms with van der Waals surface area (Å²) in [7, 11) is 1.74. The highest BCUT2D eigenvalue weighted by molar-refractivity contribution is 9.10. The van der Waals surface area contributed by atoms with Crippen molar-refractivity contribution in [3.05, 3.63) is 82.7 Å². The number of hydrogen-bond donors (Lipinski definition) is 1. The quantitative estimate of drug-likeness (QED) is 0.378. The van der Waals surface area contributed by atoms with E-state index in [9.17, 15) is 9.59 Å². The summed E-state index contributed by atoms with van der Waals surface area (Å²) >= 11 is 3.48. The molecular formula is C24H15BrN6O2. The predicted molar refractivity (Wildman–Crippen MR) is 128 cm³/mol. The molecule has 0 fully saturated rings. The van der Waals surface area contributed by atoms with E-state index >= 15 is 0 Å². The molecule has 0 bridgehead atoms. The molecule has 0 atom stereocenters. The van der Waals surface area contributed by atoms with Crippen LogP contribution in [0.25, 0.3) is 33.1 Å². The Balaban J connectivity index is 1.67. The maximum atomic E-state index is 13.8. The fraction of sp³-hybridized carbons (Fsp3) is 0.0417. The highest BCUT2D eigenvalue weighted by Gasteiger charge is 2.43. The third kappa shape index (κ3) is 2.86. The lowest BCUT2D eigenvalue weighted by Crippen LogP contribution is -2.31. The van der Waals surface area contributed by atoms with Gasteiger partial charge in [0.1, 0.15) is 5.69 Å². The summed E-state index contributed by atoms with van der Waals surface area (Å²) in [6.45, 7) is 0. The van der Waals surface area contributed by atoms with Crippen LogP contribution < -0.4 is 4.90 Å². The number of carbonyl (C=O) groups is 2. The number of carbonyl (C=O) groups excluding carboxylic acids is 2. The first kappa shape index (κ1) is 19.6. The number of halogens is 1. The first-order valence-corrected chi connectivity index (χ1v) is 10.9. The maximum Gasteiger partial charge on any atom is 0.268 e. The molecule has 33 heavy (non-hydrogen) atoms. The first-order valence-electron chi connectivity index (χ1n) is 10.1. The molecule has 5 aromatic rings. The lowest BCUT2D eigenvalue weighted by molar-refractivity contribution is -0.119. The van der Waals surface area contributed by atoms with Gasteiger partial charge in [-0.1, -0.05) is 40.2 Å². The average Bonchev–Trinajstić information content (AvgIpc) is 3.46. The number of benzene rings is 2. The second-order valence-corrected chi connectivity index (χ2v) is 8.58. The van der Waals surface area contributed by atoms with Crippen molar-refractivity contribution in [2.24, 2.45) is 7.05 Å². The number of aromatic amines is 1. The highest BCUT2D eigenvalue weighted by atomic mass is 79.9. The van der Waals surface area contributed by atoms with Gasteiger partial charge in [-0.15, -0.1) is 5.10 Å². The number of aryl methyl sites for hydroxylation is 1. The van der Waals surface area contributed by atoms with Crippen LogP contribution in [0, 0.1) is 0 Å². The van der Waals surface area contributed by atoms with Crippen LogP contribution in [0.5, 0.6) is 0 Å². The van der Waals surface area contributed by atoms with Crippen LogP contribution in [0.15, 0.2) is 71.5 Å². The number of hydrogen-bond acceptors (Lipinski definition) is 5. The molecular weight excluding hydrogens is 484 g/mol. The number of fused-ring (bicyclic) bond motifs is 2. The summed E-state index contributed by atoms with van der Waals surface area (Å²) in [6.07, 6.45) is 3.31. The largest absolute Gasteiger partial charge is 0.361 e. The molecule has 0 unspecified atom stereocenters. The Morgan fingerprint density at radius 3 is 2.55 bits per heavy atom. The van der Waals surface area contributed by atoms with Gasteiger partial charge in [-0.3, -0.25) is 9.59 Å². The number of nitrogens with zero attached hydrogens (tertiary/aromatic N) is 5. The lowest BCUT2D eigenvalue weighted by atomic mass is 9.98. The minimum Gasteiger partial charge on any atom is -0.361 e. The van der Waals surface area contributed by atoms with E-state index in [1.165, 1.54) is 4.90 Å². The van der Waals surface area contributed by atoms with Gasteiger partial charge in [0, 0.05) is 34.2 Å². The van der Waals surface area contributed by atoms with Crippen LogP contribution >= 0.6 is 15.9 Å². The number of H-pyrrole nitrogens is 1. The third-order valence-electron chi connectivity index (χ3n) is 5.76. The van der Waals surface area contributed by atoms with Gasteiger partial charge < -0.3 is 4.98 Å². The summed E-state index contributed by atoms with van der Waals surface area (Å²) in [5.41, 5.74) is 3.47. The topological polar surface area (TPSA) is 96.8 Å². The van der Waals surface area contributed by atoms with Gasteiger partial charge in [0.05, 0.1) is 28.4 Å². The Bertz CT molecular complexity index is 1630. The van der Waals surface area contributed by atoms with Gasteiger partial charge in [0.15, 0.2) is 5.65 Å². The zero-order valence-corrected chi connectivity index (χ0v) is 18.9. The zero-order chi connectivity index (χ0) is 22.7. The summed E-state index contributed by atoms with van der Waals surface area (Å²) in [5.74, 6) is -0.824. The fourth-order valence-corrected chi connectivity index (χ4v) is 4.66. The molecule has 0 aliphatic carbocycles. The van der Waals surface area contributed by atoms with Crippen molar-refractivity contribution in [3.8, 4) is 0 Å². The van der Waals surface area contributed by atoms with E-state index < -0.39 is 11.8 Å². The molecule has 160 valence electrons. The van der Waals surface area contributed by atoms with E-state index in [2.05, 4.69) is 36.2 Å². The van der Waals surface area contributed by atoms with Crippen molar-refractivity contribution >= 4 is 66.5 Å². The van der Waals surface area contributed by atoms with E-state index in [-0.39, 0.29) is 5.57 Å². The lowest BCUT2D eigenvalue weighted by Gasteiger charge is -2.14. The molecule has 0 saturated heterocycles. The van der Waals surface area contributed by atoms with Crippen LogP contribution in [0.2, 0.25) is 0 Å². The molecule has 2 amide bonds. The number of para-hydroxylation sites is 1. The van der Waals surface area contributed by atoms with Crippen LogP contribution in [0.4, 0.5) is 5.69 Å². The number of imide groups is 1. The van der Waals surface area contributed by atoms with E-state index in [1.807, 2.05) is 24.3 Å². The molecule has 3 aromatic heterocycles. The molecule has 1 aliphatic rings. The third-order valence-corrected chi connectivity index (χ3v) is 6.25. The number of aromatic nitrogens is 5. The summed E-state index contributed by atoms with van der Waals surface area (Å²) in [6, 6.07) is 16.4. The Morgan fingerprint density at radius 2 is 1.73 bits per heavy atom. The molecule has 0 spiro atoms. The highest BCUT2D eigenvalue weighted by Crippen LogP contribution is 2.41. The Hall–Kier alpha value is -4.11. The predicted octanol–water partition coefficient (Wildman–Crippen LogP) is 4.09. The van der Waals surface area contributed by atoms with Crippen molar-refractivity contribution in [1.29, 1.82) is 0 Å². The van der Waals surface area contributed by atoms with Crippen molar-refractivity contribution in [1.82, 2.24) is 25.0 Å². The van der Waals surface area contributed by atoms with E-state index in [0.29, 0.717) is 33.6 Å². The van der Waals surface area contributed by atoms with Crippen LogP contribution in [-0.4, -0.2) is 36.8 Å². The summed E-state index contributed by atoms with van der Waals surface area (Å²) in [4.78, 5) is 32.0. The van der Waals surface area contributed by atoms with E-state index in [0.717, 1.165) is 15.4 Å². The van der Waals surface area contributed by atoms with Gasteiger partial charge in [-0.25, -0.2) is 9.58 Å². The standard InChI is InChI=1S/C24H15BrN6O2/c1-30-22-16(9-10-27-28-22)21(29-30)20-19(17-12-26-18-11-13(25)7-8-15(17)18)23(32)31(24(20)33)14-5-3-2-4-6-14/h2-12,26H,1H3. The first-order chi connectivity index (χ1) is 16.0. The Kier molecular flexibility index (Phi) is 4.27. The molecule has 1 N–H and O–H groups in total. The summed E-state index contributed by atoms with van der Waals surface area (Å²) < 4.78 is 2.48. The molecule has 1 aliphatic heterocycles. The molecule has 0 saturated carbocycles. The average molecular weight is 499 g/mol. The molecule has 9 heteroatoms. The Labute approximate surface area is 195 Å². The number of anilines is 1. The molecule has 6 rings (SSSR count). The van der Waals surface area contributed by atoms with Crippen molar-refractivity contribution in [2.45, 2.75) is 0 Å². The minimum absolute atomic E-state index is 0.242. The molecule has 2 aromatic carbocycles. The fourth-order valence-electron chi connectivity index (χ4n) is 4.30. The normalized spacial score (nSPS) is 14.3. The van der Waals surface area contributed by atoms with Crippen LogP contribution in [-0.2, 0) is 16.6 Å². The van der Waals surface area contributed by atoms with Gasteiger partial charge in [-0.2, -0.15) is 10.2 Å². The van der Waals surface area contributed by atoms with Gasteiger partial charge in [0.2, 0.25) is 0 Å². The Morgan fingerprint density at radius 1 is 0.939 bits per heavy atom. The van der Waals surface area contributed by atoms with Crippen molar-refractivity contribution in [3.63, 3.8) is 0 Å². The van der Waals surface area contributed by atoms with Crippen molar-refractivity contribution in [2.75, 3.05) is 4.90 Å². The monoisotopic (exact) mass is 498 g/mol. The second-order valence-electron chi connectivity index (χ2n) is 7.66. The van der Waals surface area contributed by atoms with Gasteiger partial charge in [0.25, 0.3) is 11.8 Å². The summed E-state index contributed by atoms with van der Waals surface area (Å²) in [5, 5.41) is 14.1. The number of nitrogens with one attached hydrogen (secondary N) is 1. The smallest absolute Gasteiger partial charge is 0.268 e. The van der Waals surface area contributed by atoms with Gasteiger partial charge in [-0.05, 0) is 30.3 Å². The molecule has 0 radical (unpaired) electrons. The van der Waals surface area contributed by atoms with Crippen molar-refractivity contribution < 1.29 is 9.59 Å². The van der Waals surface area contributed by atoms with E-state index in [1.54, 1.807) is 54.5 Å². The second kappa shape index (κ2) is 7.21. The SMILES string of the molecule is Cn1nc(C2=C(c3c[nH]c4cc(Br)ccc34)C(=O)N(c3ccccc3)C2=O)c2ccnnc21. The van der Waals surface area contributed by atoms with E-state index in [4.69, 9.17) is 0 Å². The maximum absolute atomic E-state index is 13.8. The minimum atomic E-state index is -0.426. The number of rotatable bonds is 3. The molecule has 8 nitrogen and oxygen atoms in total. The van der Waals surface area contributed by atoms with Gasteiger partial charge >= 0.3 is 0 Å². The van der Waals surface area contributed by atoms with Crippen LogP contribution in [0.3, 0.4) is 0 Å². The number of amides is 2.